The third-order valence-corrected chi connectivity index (χ3v) is 4.23. The van der Waals surface area contributed by atoms with E-state index in [0.717, 1.165) is 25.0 Å². The van der Waals surface area contributed by atoms with Crippen LogP contribution < -0.4 is 11.1 Å². The minimum atomic E-state index is -0.967. The predicted molar refractivity (Wildman–Crippen MR) is 79.3 cm³/mol. The second-order valence-electron chi connectivity index (χ2n) is 4.63. The van der Waals surface area contributed by atoms with Crippen LogP contribution in [-0.4, -0.2) is 40.6 Å². The molecule has 112 valence electrons. The van der Waals surface area contributed by atoms with E-state index in [1.807, 2.05) is 11.8 Å². The Bertz CT molecular complexity index is 275. The Hall–Kier alpha value is -0.750. The van der Waals surface area contributed by atoms with Crippen molar-refractivity contribution in [2.45, 2.75) is 57.2 Å². The van der Waals surface area contributed by atoms with E-state index in [4.69, 9.17) is 10.8 Å². The van der Waals surface area contributed by atoms with Gasteiger partial charge in [0.2, 0.25) is 5.91 Å². The van der Waals surface area contributed by atoms with Gasteiger partial charge in [0.25, 0.3) is 0 Å². The summed E-state index contributed by atoms with van der Waals surface area (Å²) in [7, 11) is 0. The van der Waals surface area contributed by atoms with Crippen molar-refractivity contribution >= 4 is 23.6 Å². The maximum Gasteiger partial charge on any atom is 0.320 e. The van der Waals surface area contributed by atoms with Gasteiger partial charge in [0, 0.05) is 24.0 Å². The van der Waals surface area contributed by atoms with Crippen LogP contribution in [0.5, 0.6) is 0 Å². The summed E-state index contributed by atoms with van der Waals surface area (Å²) in [5, 5.41) is 12.0. The second kappa shape index (κ2) is 11.1. The van der Waals surface area contributed by atoms with E-state index < -0.39 is 12.0 Å². The van der Waals surface area contributed by atoms with Gasteiger partial charge in [-0.1, -0.05) is 13.8 Å². The van der Waals surface area contributed by atoms with Crippen molar-refractivity contribution in [3.8, 4) is 0 Å². The van der Waals surface area contributed by atoms with Crippen molar-refractivity contribution < 1.29 is 14.7 Å². The summed E-state index contributed by atoms with van der Waals surface area (Å²) in [6.45, 7) is 4.90. The highest BCUT2D eigenvalue weighted by molar-refractivity contribution is 7.99. The Kier molecular flexibility index (Phi) is 10.7. The molecule has 0 radical (unpaired) electrons. The summed E-state index contributed by atoms with van der Waals surface area (Å²) >= 11 is 1.81. The van der Waals surface area contributed by atoms with E-state index in [2.05, 4.69) is 19.2 Å². The molecule has 0 aliphatic carbocycles. The molecular formula is C13H26N2O3S. The van der Waals surface area contributed by atoms with E-state index in [0.29, 0.717) is 24.6 Å². The monoisotopic (exact) mass is 290 g/mol. The van der Waals surface area contributed by atoms with Crippen molar-refractivity contribution in [1.82, 2.24) is 5.32 Å². The minimum absolute atomic E-state index is 0.0679. The molecule has 2 atom stereocenters. The topological polar surface area (TPSA) is 92.4 Å². The molecule has 5 nitrogen and oxygen atoms in total. The van der Waals surface area contributed by atoms with Gasteiger partial charge in [-0.15, -0.1) is 0 Å². The molecule has 0 aromatic rings. The summed E-state index contributed by atoms with van der Waals surface area (Å²) < 4.78 is 0. The Labute approximate surface area is 119 Å². The van der Waals surface area contributed by atoms with E-state index >= 15 is 0 Å². The highest BCUT2D eigenvalue weighted by Crippen LogP contribution is 2.14. The first-order chi connectivity index (χ1) is 8.97. The number of carboxylic acids is 1. The van der Waals surface area contributed by atoms with Crippen LogP contribution in [0.15, 0.2) is 0 Å². The fourth-order valence-electron chi connectivity index (χ4n) is 1.40. The maximum absolute atomic E-state index is 11.5. The van der Waals surface area contributed by atoms with Gasteiger partial charge in [0.15, 0.2) is 0 Å². The quantitative estimate of drug-likeness (QED) is 0.503. The van der Waals surface area contributed by atoms with E-state index in [1.165, 1.54) is 0 Å². The minimum Gasteiger partial charge on any atom is -0.480 e. The zero-order chi connectivity index (χ0) is 14.7. The molecule has 0 spiro atoms. The number of hydrogen-bond donors (Lipinski definition) is 3. The Morgan fingerprint density at radius 1 is 1.37 bits per heavy atom. The molecule has 1 unspecified atom stereocenters. The third-order valence-electron chi connectivity index (χ3n) is 2.89. The van der Waals surface area contributed by atoms with Gasteiger partial charge in [-0.2, -0.15) is 11.8 Å². The molecule has 0 bridgehead atoms. The summed E-state index contributed by atoms with van der Waals surface area (Å²) in [6, 6.07) is -0.789. The average Bonchev–Trinajstić information content (AvgIpc) is 2.37. The molecular weight excluding hydrogens is 264 g/mol. The first-order valence-corrected chi connectivity index (χ1v) is 7.89. The molecule has 0 saturated carbocycles. The number of rotatable bonds is 11. The third kappa shape index (κ3) is 10.8. The molecule has 0 rings (SSSR count). The normalized spacial score (nSPS) is 13.8. The highest BCUT2D eigenvalue weighted by Gasteiger charge is 2.10. The van der Waals surface area contributed by atoms with Gasteiger partial charge < -0.3 is 16.2 Å². The van der Waals surface area contributed by atoms with Gasteiger partial charge in [0.05, 0.1) is 0 Å². The average molecular weight is 290 g/mol. The molecule has 0 aliphatic rings. The lowest BCUT2D eigenvalue weighted by Crippen LogP contribution is -2.30. The van der Waals surface area contributed by atoms with Crippen LogP contribution in [0.2, 0.25) is 0 Å². The van der Waals surface area contributed by atoms with Gasteiger partial charge in [-0.05, 0) is 25.7 Å². The van der Waals surface area contributed by atoms with Gasteiger partial charge in [-0.25, -0.2) is 0 Å². The zero-order valence-electron chi connectivity index (χ0n) is 11.9. The largest absolute Gasteiger partial charge is 0.480 e. The second-order valence-corrected chi connectivity index (χ2v) is 6.18. The molecule has 4 N–H and O–H groups in total. The fourth-order valence-corrected chi connectivity index (χ4v) is 2.34. The number of nitrogens with two attached hydrogens (primary N) is 1. The Morgan fingerprint density at radius 3 is 2.63 bits per heavy atom. The summed E-state index contributed by atoms with van der Waals surface area (Å²) in [5.41, 5.74) is 5.38. The number of hydrogen-bond acceptors (Lipinski definition) is 4. The number of aliphatic carboxylic acids is 1. The number of carbonyl (C=O) groups is 2. The smallest absolute Gasteiger partial charge is 0.320 e. The maximum atomic E-state index is 11.5. The molecule has 1 amide bonds. The van der Waals surface area contributed by atoms with Crippen molar-refractivity contribution in [3.05, 3.63) is 0 Å². The SMILES string of the molecule is CCC(C)SCCC(=O)NCCCC[C@H](N)C(=O)O. The summed E-state index contributed by atoms with van der Waals surface area (Å²) in [5.74, 6) is -0.0468. The lowest BCUT2D eigenvalue weighted by molar-refractivity contribution is -0.138. The lowest BCUT2D eigenvalue weighted by Gasteiger charge is -2.09. The number of unbranched alkanes of at least 4 members (excludes halogenated alkanes) is 1. The van der Waals surface area contributed by atoms with Gasteiger partial charge in [-0.3, -0.25) is 9.59 Å². The van der Waals surface area contributed by atoms with Crippen LogP contribution in [0.25, 0.3) is 0 Å². The van der Waals surface area contributed by atoms with Crippen molar-refractivity contribution in [1.29, 1.82) is 0 Å². The van der Waals surface area contributed by atoms with Crippen LogP contribution in [0, 0.1) is 0 Å². The molecule has 0 fully saturated rings. The van der Waals surface area contributed by atoms with Crippen LogP contribution in [-0.2, 0) is 9.59 Å². The summed E-state index contributed by atoms with van der Waals surface area (Å²) in [4.78, 5) is 21.9. The molecule has 6 heteroatoms. The van der Waals surface area contributed by atoms with Crippen molar-refractivity contribution in [2.24, 2.45) is 5.73 Å². The van der Waals surface area contributed by atoms with Crippen LogP contribution in [0.4, 0.5) is 0 Å². The Morgan fingerprint density at radius 2 is 2.05 bits per heavy atom. The molecule has 0 aromatic heterocycles. The zero-order valence-corrected chi connectivity index (χ0v) is 12.7. The number of nitrogens with one attached hydrogen (secondary N) is 1. The number of amides is 1. The standard InChI is InChI=1S/C13H26N2O3S/c1-3-10(2)19-9-7-12(16)15-8-5-4-6-11(14)13(17)18/h10-11H,3-9,14H2,1-2H3,(H,15,16)(H,17,18)/t10?,11-/m0/s1. The lowest BCUT2D eigenvalue weighted by atomic mass is 10.1. The van der Waals surface area contributed by atoms with Crippen LogP contribution >= 0.6 is 11.8 Å². The van der Waals surface area contributed by atoms with Crippen molar-refractivity contribution in [3.63, 3.8) is 0 Å². The Balaban J connectivity index is 3.41. The fraction of sp³-hybridized carbons (Fsp3) is 0.846. The molecule has 19 heavy (non-hydrogen) atoms. The van der Waals surface area contributed by atoms with Crippen LogP contribution in [0.3, 0.4) is 0 Å². The van der Waals surface area contributed by atoms with Crippen LogP contribution in [0.1, 0.15) is 46.0 Å². The highest BCUT2D eigenvalue weighted by atomic mass is 32.2. The van der Waals surface area contributed by atoms with Crippen molar-refractivity contribution in [2.75, 3.05) is 12.3 Å². The number of thioether (sulfide) groups is 1. The van der Waals surface area contributed by atoms with E-state index in [1.54, 1.807) is 0 Å². The molecule has 0 saturated heterocycles. The van der Waals surface area contributed by atoms with E-state index in [-0.39, 0.29) is 5.91 Å². The predicted octanol–water partition coefficient (Wildman–Crippen LogP) is 1.61. The number of carboxylic acid groups (broad SMARTS) is 1. The van der Waals surface area contributed by atoms with Gasteiger partial charge >= 0.3 is 5.97 Å². The first kappa shape index (κ1) is 18.2. The number of carbonyl (C=O) groups excluding carboxylic acids is 1. The molecule has 0 aromatic carbocycles. The molecule has 0 aliphatic heterocycles. The molecule has 0 heterocycles. The van der Waals surface area contributed by atoms with Gasteiger partial charge in [0.1, 0.15) is 6.04 Å². The first-order valence-electron chi connectivity index (χ1n) is 6.84. The van der Waals surface area contributed by atoms with E-state index in [9.17, 15) is 9.59 Å². The summed E-state index contributed by atoms with van der Waals surface area (Å²) in [6.07, 6.45) is 3.61.